The van der Waals surface area contributed by atoms with Gasteiger partial charge in [0.05, 0.1) is 5.60 Å². The van der Waals surface area contributed by atoms with Crippen LogP contribution in [-0.2, 0) is 10.3 Å². The average Bonchev–Trinajstić information content (AvgIpc) is 3.21. The summed E-state index contributed by atoms with van der Waals surface area (Å²) in [5, 5.41) is 3.64. The van der Waals surface area contributed by atoms with Crippen LogP contribution < -0.4 is 5.32 Å². The zero-order valence-corrected chi connectivity index (χ0v) is 10.5. The Labute approximate surface area is 103 Å². The van der Waals surface area contributed by atoms with E-state index in [-0.39, 0.29) is 5.60 Å². The van der Waals surface area contributed by atoms with Crippen molar-refractivity contribution in [3.05, 3.63) is 35.4 Å². The van der Waals surface area contributed by atoms with Gasteiger partial charge in [-0.3, -0.25) is 0 Å². The Balaban J connectivity index is 1.93. The molecule has 2 aliphatic rings. The molecule has 1 unspecified atom stereocenters. The summed E-state index contributed by atoms with van der Waals surface area (Å²) in [7, 11) is 1.85. The van der Waals surface area contributed by atoms with Crippen LogP contribution in [0, 0.1) is 0 Å². The summed E-state index contributed by atoms with van der Waals surface area (Å²) in [6.07, 6.45) is 6.26. The third-order valence-electron chi connectivity index (χ3n) is 4.23. The third-order valence-corrected chi connectivity index (χ3v) is 4.23. The zero-order valence-electron chi connectivity index (χ0n) is 10.5. The highest BCUT2D eigenvalue weighted by molar-refractivity contribution is 5.38. The van der Waals surface area contributed by atoms with Crippen LogP contribution in [0.3, 0.4) is 0 Å². The van der Waals surface area contributed by atoms with Gasteiger partial charge in [0.25, 0.3) is 0 Å². The van der Waals surface area contributed by atoms with E-state index >= 15 is 0 Å². The smallest absolute Gasteiger partial charge is 0.0933 e. The largest absolute Gasteiger partial charge is 0.374 e. The highest BCUT2D eigenvalue weighted by Gasteiger charge is 2.46. The lowest BCUT2D eigenvalue weighted by Gasteiger charge is -2.28. The van der Waals surface area contributed by atoms with Crippen LogP contribution >= 0.6 is 0 Å². The minimum absolute atomic E-state index is 0.0374. The number of nitrogens with one attached hydrogen (secondary N) is 1. The lowest BCUT2D eigenvalue weighted by atomic mass is 9.90. The molecule has 1 aliphatic heterocycles. The lowest BCUT2D eigenvalue weighted by molar-refractivity contribution is 0.0774. The van der Waals surface area contributed by atoms with Crippen molar-refractivity contribution in [1.29, 1.82) is 0 Å². The quantitative estimate of drug-likeness (QED) is 0.863. The van der Waals surface area contributed by atoms with E-state index in [1.165, 1.54) is 43.2 Å². The Kier molecular flexibility index (Phi) is 2.93. The molecular weight excluding hydrogens is 210 g/mol. The fourth-order valence-electron chi connectivity index (χ4n) is 3.03. The Hall–Kier alpha value is -0.860. The maximum absolute atomic E-state index is 5.74. The zero-order chi connectivity index (χ0) is 11.7. The molecule has 0 aromatic heterocycles. The second kappa shape index (κ2) is 4.43. The van der Waals surface area contributed by atoms with Gasteiger partial charge in [0.2, 0.25) is 0 Å². The molecule has 0 bridgehead atoms. The van der Waals surface area contributed by atoms with Crippen LogP contribution in [-0.4, -0.2) is 13.7 Å². The van der Waals surface area contributed by atoms with Gasteiger partial charge in [-0.1, -0.05) is 30.7 Å². The Morgan fingerprint density at radius 3 is 2.71 bits per heavy atom. The Morgan fingerprint density at radius 1 is 1.24 bits per heavy atom. The predicted octanol–water partition coefficient (Wildman–Crippen LogP) is 3.14. The summed E-state index contributed by atoms with van der Waals surface area (Å²) in [4.78, 5) is 0. The van der Waals surface area contributed by atoms with Crippen molar-refractivity contribution in [2.24, 2.45) is 0 Å². The fourth-order valence-corrected chi connectivity index (χ4v) is 3.03. The van der Waals surface area contributed by atoms with Crippen LogP contribution in [0.15, 0.2) is 24.3 Å². The van der Waals surface area contributed by atoms with Gasteiger partial charge in [0.1, 0.15) is 0 Å². The molecule has 0 spiro atoms. The van der Waals surface area contributed by atoms with E-state index in [1.807, 2.05) is 7.11 Å². The fraction of sp³-hybridized carbons (Fsp3) is 0.600. The van der Waals surface area contributed by atoms with Gasteiger partial charge in [-0.05, 0) is 43.4 Å². The van der Waals surface area contributed by atoms with Crippen molar-refractivity contribution in [3.8, 4) is 0 Å². The second-order valence-electron chi connectivity index (χ2n) is 5.29. The molecule has 1 heterocycles. The number of hydrogen-bond donors (Lipinski definition) is 1. The molecular formula is C15H21NO. The van der Waals surface area contributed by atoms with Crippen LogP contribution in [0.5, 0.6) is 0 Å². The molecule has 2 nitrogen and oxygen atoms in total. The summed E-state index contributed by atoms with van der Waals surface area (Å²) in [5.41, 5.74) is 2.92. The molecule has 1 aliphatic carbocycles. The van der Waals surface area contributed by atoms with Gasteiger partial charge in [0.15, 0.2) is 0 Å². The molecule has 17 heavy (non-hydrogen) atoms. The molecule has 1 aromatic carbocycles. The van der Waals surface area contributed by atoms with Gasteiger partial charge < -0.3 is 10.1 Å². The van der Waals surface area contributed by atoms with Crippen LogP contribution in [0.4, 0.5) is 0 Å². The molecule has 0 radical (unpaired) electrons. The topological polar surface area (TPSA) is 21.3 Å². The molecule has 2 heteroatoms. The summed E-state index contributed by atoms with van der Waals surface area (Å²) in [6.45, 7) is 1.15. The number of benzene rings is 1. The Bertz CT molecular complexity index is 392. The Morgan fingerprint density at radius 2 is 2.06 bits per heavy atom. The minimum Gasteiger partial charge on any atom is -0.374 e. The first-order valence-electron chi connectivity index (χ1n) is 6.74. The molecule has 1 aromatic rings. The van der Waals surface area contributed by atoms with E-state index in [9.17, 15) is 0 Å². The molecule has 0 amide bonds. The SMILES string of the molecule is COC1(c2ccccc2C2CCCCN2)CC1. The van der Waals surface area contributed by atoms with Gasteiger partial charge in [-0.25, -0.2) is 0 Å². The van der Waals surface area contributed by atoms with E-state index in [1.54, 1.807) is 0 Å². The standard InChI is InChI=1S/C15H21NO/c1-17-15(9-10-15)13-7-3-2-6-12(13)14-8-4-5-11-16-14/h2-3,6-7,14,16H,4-5,8-11H2,1H3. The highest BCUT2D eigenvalue weighted by Crippen LogP contribution is 2.51. The van der Waals surface area contributed by atoms with Crippen molar-refractivity contribution in [1.82, 2.24) is 5.32 Å². The maximum Gasteiger partial charge on any atom is 0.0933 e. The van der Waals surface area contributed by atoms with Gasteiger partial charge >= 0.3 is 0 Å². The van der Waals surface area contributed by atoms with Crippen LogP contribution in [0.25, 0.3) is 0 Å². The number of rotatable bonds is 3. The van der Waals surface area contributed by atoms with Crippen molar-refractivity contribution in [2.75, 3.05) is 13.7 Å². The molecule has 1 N–H and O–H groups in total. The normalized spacial score (nSPS) is 26.8. The molecule has 1 saturated carbocycles. The van der Waals surface area contributed by atoms with E-state index in [0.29, 0.717) is 6.04 Å². The van der Waals surface area contributed by atoms with E-state index in [2.05, 4.69) is 29.6 Å². The summed E-state index contributed by atoms with van der Waals surface area (Å²) < 4.78 is 5.74. The average molecular weight is 231 g/mol. The number of methoxy groups -OCH3 is 1. The number of hydrogen-bond acceptors (Lipinski definition) is 2. The maximum atomic E-state index is 5.74. The van der Waals surface area contributed by atoms with Gasteiger partial charge in [-0.15, -0.1) is 0 Å². The molecule has 3 rings (SSSR count). The van der Waals surface area contributed by atoms with E-state index in [0.717, 1.165) is 6.54 Å². The first kappa shape index (κ1) is 11.2. The highest BCUT2D eigenvalue weighted by atomic mass is 16.5. The number of piperidine rings is 1. The van der Waals surface area contributed by atoms with Gasteiger partial charge in [0, 0.05) is 13.2 Å². The van der Waals surface area contributed by atoms with Crippen LogP contribution in [0.1, 0.15) is 49.3 Å². The second-order valence-corrected chi connectivity index (χ2v) is 5.29. The summed E-state index contributed by atoms with van der Waals surface area (Å²) in [6, 6.07) is 9.36. The first-order valence-corrected chi connectivity index (χ1v) is 6.74. The number of ether oxygens (including phenoxy) is 1. The predicted molar refractivity (Wildman–Crippen MR) is 69.0 cm³/mol. The van der Waals surface area contributed by atoms with Crippen molar-refractivity contribution < 1.29 is 4.74 Å². The molecule has 92 valence electrons. The van der Waals surface area contributed by atoms with E-state index < -0.39 is 0 Å². The monoisotopic (exact) mass is 231 g/mol. The van der Waals surface area contributed by atoms with Crippen molar-refractivity contribution in [3.63, 3.8) is 0 Å². The molecule has 2 fully saturated rings. The summed E-state index contributed by atoms with van der Waals surface area (Å²) in [5.74, 6) is 0. The molecule has 1 saturated heterocycles. The van der Waals surface area contributed by atoms with Crippen molar-refractivity contribution >= 4 is 0 Å². The van der Waals surface area contributed by atoms with Gasteiger partial charge in [-0.2, -0.15) is 0 Å². The summed E-state index contributed by atoms with van der Waals surface area (Å²) >= 11 is 0. The molecule has 1 atom stereocenters. The third kappa shape index (κ3) is 2.00. The minimum atomic E-state index is 0.0374. The first-order chi connectivity index (χ1) is 8.36. The lowest BCUT2D eigenvalue weighted by Crippen LogP contribution is -2.28. The van der Waals surface area contributed by atoms with Crippen molar-refractivity contribution in [2.45, 2.75) is 43.7 Å². The van der Waals surface area contributed by atoms with E-state index in [4.69, 9.17) is 4.74 Å². The van der Waals surface area contributed by atoms with Crippen LogP contribution in [0.2, 0.25) is 0 Å².